The van der Waals surface area contributed by atoms with E-state index >= 15 is 0 Å². The fraction of sp³-hybridized carbons (Fsp3) is 0.438. The molecule has 2 aromatic rings. The Balaban J connectivity index is 0.00000144. The number of carbonyl (C=O) groups excluding carboxylic acids is 1. The Morgan fingerprint density at radius 2 is 2.08 bits per heavy atom. The van der Waals surface area contributed by atoms with Crippen molar-refractivity contribution in [3.8, 4) is 0 Å². The van der Waals surface area contributed by atoms with Gasteiger partial charge in [-0.1, -0.05) is 12.1 Å². The minimum Gasteiger partial charge on any atom is -0.383 e. The lowest BCUT2D eigenvalue weighted by atomic mass is 9.98. The first-order chi connectivity index (χ1) is 10.7. The number of nitrogens with one attached hydrogen (secondary N) is 2. The summed E-state index contributed by atoms with van der Waals surface area (Å²) in [4.78, 5) is 20.9. The lowest BCUT2D eigenvalue weighted by Crippen LogP contribution is -2.53. The molecule has 0 radical (unpaired) electrons. The Hall–Kier alpha value is -1.47. The Labute approximate surface area is 153 Å². The quantitative estimate of drug-likeness (QED) is 0.838. The van der Waals surface area contributed by atoms with Gasteiger partial charge in [-0.2, -0.15) is 0 Å². The van der Waals surface area contributed by atoms with E-state index in [0.29, 0.717) is 18.8 Å². The predicted molar refractivity (Wildman–Crippen MR) is 98.2 cm³/mol. The molecule has 1 aromatic heterocycles. The molecule has 6 nitrogen and oxygen atoms in total. The third-order valence-corrected chi connectivity index (χ3v) is 4.02. The molecule has 0 aliphatic carbocycles. The van der Waals surface area contributed by atoms with Crippen LogP contribution in [0, 0.1) is 0 Å². The van der Waals surface area contributed by atoms with Gasteiger partial charge < -0.3 is 15.4 Å². The molecule has 0 spiro atoms. The average molecular weight is 373 g/mol. The van der Waals surface area contributed by atoms with Gasteiger partial charge >= 0.3 is 0 Å². The second-order valence-electron chi connectivity index (χ2n) is 5.67. The van der Waals surface area contributed by atoms with Crippen LogP contribution in [0.25, 0.3) is 11.0 Å². The maximum Gasteiger partial charge on any atom is 0.271 e. The molecule has 132 valence electrons. The molecule has 0 saturated carbocycles. The summed E-state index contributed by atoms with van der Waals surface area (Å²) in [5, 5.41) is 6.38. The number of aromatic nitrogens is 2. The van der Waals surface area contributed by atoms with Gasteiger partial charge in [0.1, 0.15) is 5.69 Å². The number of carbonyl (C=O) groups is 1. The van der Waals surface area contributed by atoms with Crippen LogP contribution in [0.5, 0.6) is 0 Å². The van der Waals surface area contributed by atoms with E-state index in [0.717, 1.165) is 30.4 Å². The van der Waals surface area contributed by atoms with Crippen LogP contribution in [0.3, 0.4) is 0 Å². The molecule has 2 heterocycles. The van der Waals surface area contributed by atoms with Gasteiger partial charge in [-0.05, 0) is 31.5 Å². The molecule has 1 fully saturated rings. The molecular weight excluding hydrogens is 351 g/mol. The second-order valence-corrected chi connectivity index (χ2v) is 5.67. The number of fused-ring (bicyclic) bond motifs is 1. The van der Waals surface area contributed by atoms with Crippen LogP contribution in [-0.4, -0.2) is 48.2 Å². The third kappa shape index (κ3) is 4.54. The third-order valence-electron chi connectivity index (χ3n) is 4.02. The molecule has 1 aliphatic rings. The number of rotatable bonds is 5. The van der Waals surface area contributed by atoms with E-state index in [1.165, 1.54) is 6.20 Å². The van der Waals surface area contributed by atoms with Crippen molar-refractivity contribution in [1.29, 1.82) is 0 Å². The summed E-state index contributed by atoms with van der Waals surface area (Å²) < 4.78 is 5.28. The molecule has 1 unspecified atom stereocenters. The summed E-state index contributed by atoms with van der Waals surface area (Å²) in [6.45, 7) is 2.06. The lowest BCUT2D eigenvalue weighted by Gasteiger charge is -2.28. The minimum atomic E-state index is -0.206. The molecule has 1 aliphatic heterocycles. The van der Waals surface area contributed by atoms with Crippen molar-refractivity contribution in [1.82, 2.24) is 20.6 Å². The van der Waals surface area contributed by atoms with Gasteiger partial charge in [0, 0.05) is 13.7 Å². The van der Waals surface area contributed by atoms with Crippen LogP contribution in [0.2, 0.25) is 0 Å². The first kappa shape index (κ1) is 20.6. The van der Waals surface area contributed by atoms with Gasteiger partial charge in [0.15, 0.2) is 0 Å². The Bertz CT molecular complexity index is 678. The Morgan fingerprint density at radius 3 is 2.75 bits per heavy atom. The molecule has 1 amide bonds. The highest BCUT2D eigenvalue weighted by Gasteiger charge is 2.33. The molecule has 2 N–H and O–H groups in total. The number of benzene rings is 1. The molecule has 3 rings (SSSR count). The number of hydrogen-bond donors (Lipinski definition) is 2. The summed E-state index contributed by atoms with van der Waals surface area (Å²) >= 11 is 0. The molecule has 1 saturated heterocycles. The fourth-order valence-electron chi connectivity index (χ4n) is 2.88. The SMILES string of the molecule is COCC1(CNC(=O)c2cnc3ccccc3n2)CCCN1.Cl.Cl. The van der Waals surface area contributed by atoms with Gasteiger partial charge in [-0.25, -0.2) is 4.98 Å². The standard InChI is InChI=1S/C16H20N4O2.2ClH/c1-22-11-16(7-4-8-19-16)10-18-15(21)14-9-17-12-5-2-3-6-13(12)20-14;;/h2-3,5-6,9,19H,4,7-8,10-11H2,1H3,(H,18,21);2*1H. The molecule has 24 heavy (non-hydrogen) atoms. The number of ether oxygens (including phenoxy) is 1. The largest absolute Gasteiger partial charge is 0.383 e. The number of halogens is 2. The molecule has 1 aromatic carbocycles. The minimum absolute atomic E-state index is 0. The zero-order chi connectivity index (χ0) is 15.4. The van der Waals surface area contributed by atoms with Crippen LogP contribution >= 0.6 is 24.8 Å². The zero-order valence-electron chi connectivity index (χ0n) is 13.4. The highest BCUT2D eigenvalue weighted by molar-refractivity contribution is 5.93. The van der Waals surface area contributed by atoms with Gasteiger partial charge in [-0.15, -0.1) is 24.8 Å². The summed E-state index contributed by atoms with van der Waals surface area (Å²) in [5.41, 5.74) is 1.67. The van der Waals surface area contributed by atoms with Crippen molar-refractivity contribution in [2.24, 2.45) is 0 Å². The topological polar surface area (TPSA) is 76.1 Å². The summed E-state index contributed by atoms with van der Waals surface area (Å²) in [6.07, 6.45) is 3.60. The highest BCUT2D eigenvalue weighted by atomic mass is 35.5. The van der Waals surface area contributed by atoms with Gasteiger partial charge in [0.05, 0.1) is 29.4 Å². The van der Waals surface area contributed by atoms with E-state index in [2.05, 4.69) is 20.6 Å². The van der Waals surface area contributed by atoms with Crippen molar-refractivity contribution >= 4 is 41.8 Å². The molecule has 8 heteroatoms. The van der Waals surface area contributed by atoms with Crippen molar-refractivity contribution < 1.29 is 9.53 Å². The first-order valence-corrected chi connectivity index (χ1v) is 7.46. The summed E-state index contributed by atoms with van der Waals surface area (Å²) in [6, 6.07) is 7.51. The van der Waals surface area contributed by atoms with Crippen molar-refractivity contribution in [3.63, 3.8) is 0 Å². The van der Waals surface area contributed by atoms with Crippen molar-refractivity contribution in [3.05, 3.63) is 36.2 Å². The average Bonchev–Trinajstić information content (AvgIpc) is 3.01. The van der Waals surface area contributed by atoms with Crippen molar-refractivity contribution in [2.75, 3.05) is 26.8 Å². The number of para-hydroxylation sites is 2. The zero-order valence-corrected chi connectivity index (χ0v) is 15.1. The Kier molecular flexibility index (Phi) is 7.83. The smallest absolute Gasteiger partial charge is 0.271 e. The Morgan fingerprint density at radius 1 is 1.33 bits per heavy atom. The lowest BCUT2D eigenvalue weighted by molar-refractivity contribution is 0.0887. The second kappa shape index (κ2) is 9.13. The summed E-state index contributed by atoms with van der Waals surface area (Å²) in [5.74, 6) is -0.206. The van der Waals surface area contributed by atoms with Gasteiger partial charge in [0.25, 0.3) is 5.91 Å². The highest BCUT2D eigenvalue weighted by Crippen LogP contribution is 2.19. The van der Waals surface area contributed by atoms with Crippen LogP contribution in [0.4, 0.5) is 0 Å². The van der Waals surface area contributed by atoms with Gasteiger partial charge in [0.2, 0.25) is 0 Å². The van der Waals surface area contributed by atoms with Crippen LogP contribution in [-0.2, 0) is 4.74 Å². The fourth-order valence-corrected chi connectivity index (χ4v) is 2.88. The maximum absolute atomic E-state index is 12.3. The number of amides is 1. The van der Waals surface area contributed by atoms with E-state index in [-0.39, 0.29) is 36.3 Å². The number of hydrogen-bond acceptors (Lipinski definition) is 5. The van der Waals surface area contributed by atoms with E-state index in [9.17, 15) is 4.79 Å². The van der Waals surface area contributed by atoms with E-state index in [1.807, 2.05) is 24.3 Å². The molecular formula is C16H22Cl2N4O2. The normalized spacial score (nSPS) is 19.4. The molecule has 1 atom stereocenters. The van der Waals surface area contributed by atoms with E-state index in [1.54, 1.807) is 7.11 Å². The van der Waals surface area contributed by atoms with Crippen molar-refractivity contribution in [2.45, 2.75) is 18.4 Å². The number of methoxy groups -OCH3 is 1. The summed E-state index contributed by atoms with van der Waals surface area (Å²) in [7, 11) is 1.68. The molecule has 0 bridgehead atoms. The monoisotopic (exact) mass is 372 g/mol. The maximum atomic E-state index is 12.3. The van der Waals surface area contributed by atoms with E-state index in [4.69, 9.17) is 4.74 Å². The van der Waals surface area contributed by atoms with Gasteiger partial charge in [-0.3, -0.25) is 9.78 Å². The van der Waals surface area contributed by atoms with Crippen LogP contribution in [0.15, 0.2) is 30.5 Å². The van der Waals surface area contributed by atoms with E-state index < -0.39 is 0 Å². The number of nitrogens with zero attached hydrogens (tertiary/aromatic N) is 2. The van der Waals surface area contributed by atoms with Crippen LogP contribution in [0.1, 0.15) is 23.3 Å². The first-order valence-electron chi connectivity index (χ1n) is 7.46. The van der Waals surface area contributed by atoms with Crippen LogP contribution < -0.4 is 10.6 Å². The predicted octanol–water partition coefficient (Wildman–Crippen LogP) is 1.97.